The molecule has 0 N–H and O–H groups in total. The van der Waals surface area contributed by atoms with Crippen molar-refractivity contribution in [3.05, 3.63) is 25.5 Å². The Kier molecular flexibility index (Phi) is 2.42. The average molecular weight is 327 g/mol. The van der Waals surface area contributed by atoms with E-state index in [0.717, 1.165) is 19.2 Å². The molecule has 0 spiro atoms. The molecule has 0 aliphatic heterocycles. The Hall–Kier alpha value is 0.360. The molecular weight excluding hydrogens is 325 g/mol. The molecule has 5 heteroatoms. The van der Waals surface area contributed by atoms with Crippen LogP contribution in [0.25, 0.3) is 10.2 Å². The quantitative estimate of drug-likeness (QED) is 0.695. The van der Waals surface area contributed by atoms with Crippen LogP contribution in [0.5, 0.6) is 0 Å². The normalized spacial score (nSPS) is 10.9. The number of thiazole rings is 1. The topological polar surface area (TPSA) is 12.9 Å². The van der Waals surface area contributed by atoms with Crippen LogP contribution in [-0.4, -0.2) is 4.98 Å². The smallest absolute Gasteiger partial charge is 0.184 e. The van der Waals surface area contributed by atoms with Crippen LogP contribution in [0, 0.1) is 0 Å². The van der Waals surface area contributed by atoms with Gasteiger partial charge in [-0.3, -0.25) is 0 Å². The van der Waals surface area contributed by atoms with Crippen molar-refractivity contribution in [1.82, 2.24) is 4.98 Å². The highest BCUT2D eigenvalue weighted by Gasteiger charge is 2.07. The van der Waals surface area contributed by atoms with Crippen molar-refractivity contribution in [2.24, 2.45) is 0 Å². The summed E-state index contributed by atoms with van der Waals surface area (Å²) in [5.41, 5.74) is 0.916. The van der Waals surface area contributed by atoms with Crippen molar-refractivity contribution in [3.63, 3.8) is 0 Å². The minimum atomic E-state index is 0.567. The zero-order valence-electron chi connectivity index (χ0n) is 5.64. The molecule has 0 bridgehead atoms. The lowest BCUT2D eigenvalue weighted by atomic mass is 10.3. The molecule has 0 fully saturated rings. The first kappa shape index (κ1) is 8.94. The minimum absolute atomic E-state index is 0.567. The Morgan fingerprint density at radius 3 is 2.58 bits per heavy atom. The molecule has 0 aliphatic carbocycles. The third kappa shape index (κ3) is 1.41. The molecule has 2 aromatic rings. The highest BCUT2D eigenvalue weighted by molar-refractivity contribution is 9.11. The summed E-state index contributed by atoms with van der Waals surface area (Å²) in [5.74, 6) is 0. The molecule has 1 aromatic carbocycles. The number of benzene rings is 1. The monoisotopic (exact) mass is 325 g/mol. The van der Waals surface area contributed by atoms with Crippen LogP contribution in [0.15, 0.2) is 21.1 Å². The van der Waals surface area contributed by atoms with Crippen LogP contribution in [0.2, 0.25) is 4.47 Å². The van der Waals surface area contributed by atoms with Gasteiger partial charge < -0.3 is 0 Å². The first-order chi connectivity index (χ1) is 5.68. The molecule has 2 rings (SSSR count). The van der Waals surface area contributed by atoms with Gasteiger partial charge in [-0.25, -0.2) is 4.98 Å². The van der Waals surface area contributed by atoms with Crippen molar-refractivity contribution in [2.75, 3.05) is 0 Å². The summed E-state index contributed by atoms with van der Waals surface area (Å²) in [6.07, 6.45) is 0. The van der Waals surface area contributed by atoms with Gasteiger partial charge in [-0.2, -0.15) is 0 Å². The number of hydrogen-bond acceptors (Lipinski definition) is 2. The summed E-state index contributed by atoms with van der Waals surface area (Å²) in [7, 11) is 0. The number of fused-ring (bicyclic) bond motifs is 1. The third-order valence-corrected chi connectivity index (χ3v) is 4.18. The van der Waals surface area contributed by atoms with Gasteiger partial charge in [0.05, 0.1) is 10.2 Å². The number of aromatic nitrogens is 1. The fourth-order valence-electron chi connectivity index (χ4n) is 0.919. The molecule has 0 radical (unpaired) electrons. The van der Waals surface area contributed by atoms with Crippen LogP contribution in [0.3, 0.4) is 0 Å². The fraction of sp³-hybridized carbons (Fsp3) is 0. The lowest BCUT2D eigenvalue weighted by Crippen LogP contribution is -1.71. The molecule has 0 saturated heterocycles. The van der Waals surface area contributed by atoms with Crippen molar-refractivity contribution in [2.45, 2.75) is 0 Å². The van der Waals surface area contributed by atoms with Crippen LogP contribution >= 0.6 is 54.8 Å². The second-order valence-electron chi connectivity index (χ2n) is 2.17. The highest BCUT2D eigenvalue weighted by atomic mass is 79.9. The maximum Gasteiger partial charge on any atom is 0.184 e. The van der Waals surface area contributed by atoms with Gasteiger partial charge in [0.1, 0.15) is 0 Å². The number of hydrogen-bond donors (Lipinski definition) is 0. The Balaban J connectivity index is 2.93. The van der Waals surface area contributed by atoms with Crippen molar-refractivity contribution >= 4 is 65.0 Å². The molecule has 1 nitrogen and oxygen atoms in total. The molecule has 0 atom stereocenters. The minimum Gasteiger partial charge on any atom is -0.224 e. The number of halogens is 3. The van der Waals surface area contributed by atoms with E-state index in [-0.39, 0.29) is 0 Å². The Bertz CT molecular complexity index is 401. The predicted molar refractivity (Wildman–Crippen MR) is 60.0 cm³/mol. The maximum absolute atomic E-state index is 5.79. The fourth-order valence-corrected chi connectivity index (χ4v) is 3.07. The van der Waals surface area contributed by atoms with Crippen LogP contribution in [0.1, 0.15) is 0 Å². The number of rotatable bonds is 0. The van der Waals surface area contributed by atoms with E-state index in [1.54, 1.807) is 0 Å². The van der Waals surface area contributed by atoms with E-state index in [2.05, 4.69) is 36.8 Å². The molecular formula is C7H2Br2ClNS. The molecule has 1 aromatic heterocycles. The maximum atomic E-state index is 5.79. The SMILES string of the molecule is Clc1nc2c(Br)ccc(Br)c2s1. The first-order valence-corrected chi connectivity index (χ1v) is 5.86. The van der Waals surface area contributed by atoms with E-state index < -0.39 is 0 Å². The summed E-state index contributed by atoms with van der Waals surface area (Å²) in [6.45, 7) is 0. The van der Waals surface area contributed by atoms with E-state index in [1.807, 2.05) is 12.1 Å². The predicted octanol–water partition coefficient (Wildman–Crippen LogP) is 4.47. The Morgan fingerprint density at radius 1 is 1.25 bits per heavy atom. The summed E-state index contributed by atoms with van der Waals surface area (Å²) >= 11 is 14.1. The van der Waals surface area contributed by atoms with E-state index in [4.69, 9.17) is 11.6 Å². The third-order valence-electron chi connectivity index (χ3n) is 1.42. The van der Waals surface area contributed by atoms with E-state index in [0.29, 0.717) is 4.47 Å². The van der Waals surface area contributed by atoms with Crippen LogP contribution in [0.4, 0.5) is 0 Å². The first-order valence-electron chi connectivity index (χ1n) is 3.08. The number of nitrogens with zero attached hydrogens (tertiary/aromatic N) is 1. The van der Waals surface area contributed by atoms with Gasteiger partial charge in [-0.15, -0.1) is 11.3 Å². The second kappa shape index (κ2) is 3.25. The van der Waals surface area contributed by atoms with E-state index in [9.17, 15) is 0 Å². The van der Waals surface area contributed by atoms with Crippen molar-refractivity contribution < 1.29 is 0 Å². The van der Waals surface area contributed by atoms with Crippen LogP contribution in [-0.2, 0) is 0 Å². The highest BCUT2D eigenvalue weighted by Crippen LogP contribution is 2.35. The van der Waals surface area contributed by atoms with Gasteiger partial charge in [0.25, 0.3) is 0 Å². The van der Waals surface area contributed by atoms with Gasteiger partial charge >= 0.3 is 0 Å². The lowest BCUT2D eigenvalue weighted by molar-refractivity contribution is 1.48. The lowest BCUT2D eigenvalue weighted by Gasteiger charge is -1.93. The summed E-state index contributed by atoms with van der Waals surface area (Å²) < 4.78 is 3.65. The van der Waals surface area contributed by atoms with Gasteiger partial charge in [0.2, 0.25) is 0 Å². The Labute approximate surface area is 95.0 Å². The molecule has 1 heterocycles. The zero-order chi connectivity index (χ0) is 8.72. The molecule has 0 unspecified atom stereocenters. The van der Waals surface area contributed by atoms with Crippen molar-refractivity contribution in [3.8, 4) is 0 Å². The largest absolute Gasteiger partial charge is 0.224 e. The van der Waals surface area contributed by atoms with E-state index in [1.165, 1.54) is 11.3 Å². The van der Waals surface area contributed by atoms with Gasteiger partial charge in [-0.05, 0) is 44.0 Å². The van der Waals surface area contributed by atoms with Gasteiger partial charge in [0, 0.05) is 8.95 Å². The molecule has 0 aliphatic rings. The van der Waals surface area contributed by atoms with Crippen molar-refractivity contribution in [1.29, 1.82) is 0 Å². The molecule has 12 heavy (non-hydrogen) atoms. The van der Waals surface area contributed by atoms with E-state index >= 15 is 0 Å². The van der Waals surface area contributed by atoms with Crippen LogP contribution < -0.4 is 0 Å². The molecule has 0 amide bonds. The van der Waals surface area contributed by atoms with Gasteiger partial charge in [0.15, 0.2) is 4.47 Å². The summed E-state index contributed by atoms with van der Waals surface area (Å²) in [4.78, 5) is 4.18. The van der Waals surface area contributed by atoms with Gasteiger partial charge in [-0.1, -0.05) is 11.6 Å². The zero-order valence-corrected chi connectivity index (χ0v) is 10.4. The average Bonchev–Trinajstić information content (AvgIpc) is 2.41. The molecule has 0 saturated carbocycles. The summed E-state index contributed by atoms with van der Waals surface area (Å²) in [6, 6.07) is 3.92. The second-order valence-corrected chi connectivity index (χ2v) is 5.46. The Morgan fingerprint density at radius 2 is 1.92 bits per heavy atom. The summed E-state index contributed by atoms with van der Waals surface area (Å²) in [5, 5.41) is 0. The standard InChI is InChI=1S/C7H2Br2ClNS/c8-3-1-2-4(9)6-5(3)11-7(10)12-6/h1-2H. The molecule has 62 valence electrons.